The van der Waals surface area contributed by atoms with E-state index in [4.69, 9.17) is 9.47 Å². The van der Waals surface area contributed by atoms with Gasteiger partial charge in [-0.3, -0.25) is 4.90 Å². The van der Waals surface area contributed by atoms with Gasteiger partial charge in [-0.25, -0.2) is 4.79 Å². The minimum Gasteiger partial charge on any atom is -0.491 e. The molecule has 2 aromatic carbocycles. The lowest BCUT2D eigenvalue weighted by Crippen LogP contribution is -2.38. The summed E-state index contributed by atoms with van der Waals surface area (Å²) in [6.45, 7) is 2.86. The molecular formula is C18H19NO4. The van der Waals surface area contributed by atoms with Crippen molar-refractivity contribution in [3.05, 3.63) is 59.7 Å². The van der Waals surface area contributed by atoms with Crippen molar-refractivity contribution < 1.29 is 19.4 Å². The Bertz CT molecular complexity index is 687. The van der Waals surface area contributed by atoms with Crippen LogP contribution in [0.1, 0.15) is 18.1 Å². The van der Waals surface area contributed by atoms with Crippen LogP contribution in [0.3, 0.4) is 0 Å². The highest BCUT2D eigenvalue weighted by Gasteiger charge is 2.27. The van der Waals surface area contributed by atoms with Crippen LogP contribution in [0.5, 0.6) is 11.5 Å². The second kappa shape index (κ2) is 6.60. The Morgan fingerprint density at radius 2 is 2.04 bits per heavy atom. The van der Waals surface area contributed by atoms with E-state index in [0.29, 0.717) is 24.7 Å². The molecule has 0 saturated heterocycles. The Hall–Kier alpha value is -2.69. The van der Waals surface area contributed by atoms with Gasteiger partial charge >= 0.3 is 6.09 Å². The van der Waals surface area contributed by atoms with Crippen molar-refractivity contribution >= 4 is 6.09 Å². The predicted molar refractivity (Wildman–Crippen MR) is 85.7 cm³/mol. The highest BCUT2D eigenvalue weighted by atomic mass is 16.5. The monoisotopic (exact) mass is 313 g/mol. The topological polar surface area (TPSA) is 59.0 Å². The molecule has 0 spiro atoms. The summed E-state index contributed by atoms with van der Waals surface area (Å²) in [6.07, 6.45) is -0.952. The van der Waals surface area contributed by atoms with Crippen molar-refractivity contribution in [2.75, 3.05) is 6.61 Å². The van der Waals surface area contributed by atoms with Gasteiger partial charge in [-0.05, 0) is 24.6 Å². The maximum atomic E-state index is 11.4. The van der Waals surface area contributed by atoms with E-state index in [0.717, 1.165) is 11.1 Å². The smallest absolute Gasteiger partial charge is 0.407 e. The van der Waals surface area contributed by atoms with Crippen molar-refractivity contribution in [3.63, 3.8) is 0 Å². The van der Waals surface area contributed by atoms with Crippen LogP contribution in [-0.2, 0) is 13.2 Å². The molecule has 1 aliphatic rings. The number of ether oxygens (including phenoxy) is 2. The van der Waals surface area contributed by atoms with E-state index in [1.54, 1.807) is 0 Å². The van der Waals surface area contributed by atoms with Crippen molar-refractivity contribution in [2.45, 2.75) is 26.1 Å². The summed E-state index contributed by atoms with van der Waals surface area (Å²) in [5, 5.41) is 9.39. The first-order chi connectivity index (χ1) is 11.1. The highest BCUT2D eigenvalue weighted by Crippen LogP contribution is 2.33. The summed E-state index contributed by atoms with van der Waals surface area (Å²) in [7, 11) is 0. The second-order valence-electron chi connectivity index (χ2n) is 5.58. The molecule has 5 heteroatoms. The molecule has 0 aliphatic carbocycles. The molecule has 0 radical (unpaired) electrons. The first-order valence-electron chi connectivity index (χ1n) is 7.56. The normalized spacial score (nSPS) is 16.9. The molecule has 1 atom stereocenters. The molecule has 1 N–H and O–H groups in total. The van der Waals surface area contributed by atoms with Gasteiger partial charge in [-0.2, -0.15) is 0 Å². The Kier molecular flexibility index (Phi) is 4.37. The summed E-state index contributed by atoms with van der Waals surface area (Å²) in [5.41, 5.74) is 1.83. The van der Waals surface area contributed by atoms with E-state index in [1.807, 2.05) is 55.5 Å². The average Bonchev–Trinajstić information content (AvgIpc) is 2.73. The van der Waals surface area contributed by atoms with Crippen molar-refractivity contribution in [2.24, 2.45) is 0 Å². The third kappa shape index (κ3) is 3.39. The van der Waals surface area contributed by atoms with Crippen LogP contribution < -0.4 is 9.47 Å². The molecule has 0 fully saturated rings. The summed E-state index contributed by atoms with van der Waals surface area (Å²) >= 11 is 0. The summed E-state index contributed by atoms with van der Waals surface area (Å²) in [4.78, 5) is 12.8. The van der Waals surface area contributed by atoms with Gasteiger partial charge < -0.3 is 14.6 Å². The van der Waals surface area contributed by atoms with Crippen molar-refractivity contribution in [1.29, 1.82) is 0 Å². The first-order valence-corrected chi connectivity index (χ1v) is 7.56. The number of rotatable bonds is 3. The van der Waals surface area contributed by atoms with Crippen LogP contribution in [0.4, 0.5) is 4.79 Å². The molecule has 1 heterocycles. The molecule has 0 bridgehead atoms. The number of nitrogens with zero attached hydrogens (tertiary/aromatic N) is 1. The fourth-order valence-electron chi connectivity index (χ4n) is 2.59. The van der Waals surface area contributed by atoms with Crippen LogP contribution in [0.2, 0.25) is 0 Å². The van der Waals surface area contributed by atoms with Crippen LogP contribution in [0.25, 0.3) is 0 Å². The number of carbonyl (C=O) groups is 1. The third-order valence-electron chi connectivity index (χ3n) is 3.91. The number of benzene rings is 2. The summed E-state index contributed by atoms with van der Waals surface area (Å²) in [5.74, 6) is 1.35. The molecule has 120 valence electrons. The zero-order valence-electron chi connectivity index (χ0n) is 12.9. The number of hydrogen-bond acceptors (Lipinski definition) is 3. The molecule has 1 aliphatic heterocycles. The van der Waals surface area contributed by atoms with E-state index < -0.39 is 6.09 Å². The van der Waals surface area contributed by atoms with Gasteiger partial charge in [0.1, 0.15) is 24.7 Å². The zero-order valence-corrected chi connectivity index (χ0v) is 12.9. The fourth-order valence-corrected chi connectivity index (χ4v) is 2.59. The maximum absolute atomic E-state index is 11.4. The fraction of sp³-hybridized carbons (Fsp3) is 0.278. The number of amides is 1. The molecule has 3 rings (SSSR count). The Morgan fingerprint density at radius 1 is 1.26 bits per heavy atom. The third-order valence-corrected chi connectivity index (χ3v) is 3.91. The van der Waals surface area contributed by atoms with Gasteiger partial charge in [-0.1, -0.05) is 36.4 Å². The SMILES string of the molecule is CC1COc2cccc(OCc3ccccc3)c2CN1C(=O)O. The Labute approximate surface area is 135 Å². The lowest BCUT2D eigenvalue weighted by Gasteiger charge is -2.23. The molecule has 0 aromatic heterocycles. The van der Waals surface area contributed by atoms with Crippen molar-refractivity contribution in [1.82, 2.24) is 4.90 Å². The number of carboxylic acid groups (broad SMARTS) is 1. The second-order valence-corrected chi connectivity index (χ2v) is 5.58. The number of fused-ring (bicyclic) bond motifs is 1. The maximum Gasteiger partial charge on any atom is 0.407 e. The van der Waals surface area contributed by atoms with Gasteiger partial charge in [0.05, 0.1) is 18.2 Å². The molecule has 1 amide bonds. The Balaban J connectivity index is 1.84. The van der Waals surface area contributed by atoms with E-state index >= 15 is 0 Å². The first kappa shape index (κ1) is 15.2. The van der Waals surface area contributed by atoms with E-state index in [2.05, 4.69) is 0 Å². The van der Waals surface area contributed by atoms with Gasteiger partial charge in [0.2, 0.25) is 0 Å². The average molecular weight is 313 g/mol. The quantitative estimate of drug-likeness (QED) is 0.942. The molecule has 2 aromatic rings. The largest absolute Gasteiger partial charge is 0.491 e. The van der Waals surface area contributed by atoms with Crippen molar-refractivity contribution in [3.8, 4) is 11.5 Å². The zero-order chi connectivity index (χ0) is 16.2. The lowest BCUT2D eigenvalue weighted by atomic mass is 10.1. The summed E-state index contributed by atoms with van der Waals surface area (Å²) < 4.78 is 11.7. The van der Waals surface area contributed by atoms with E-state index in [1.165, 1.54) is 4.90 Å². The number of hydrogen-bond donors (Lipinski definition) is 1. The van der Waals surface area contributed by atoms with Gasteiger partial charge in [0.25, 0.3) is 0 Å². The molecule has 23 heavy (non-hydrogen) atoms. The van der Waals surface area contributed by atoms with Crippen LogP contribution in [0, 0.1) is 0 Å². The molecule has 0 saturated carbocycles. The Morgan fingerprint density at radius 3 is 2.78 bits per heavy atom. The molecule has 5 nitrogen and oxygen atoms in total. The van der Waals surface area contributed by atoms with E-state index in [9.17, 15) is 9.90 Å². The minimum absolute atomic E-state index is 0.207. The van der Waals surface area contributed by atoms with Gasteiger partial charge in [-0.15, -0.1) is 0 Å². The van der Waals surface area contributed by atoms with Gasteiger partial charge in [0.15, 0.2) is 0 Å². The molecular weight excluding hydrogens is 294 g/mol. The van der Waals surface area contributed by atoms with Crippen LogP contribution in [-0.4, -0.2) is 28.7 Å². The van der Waals surface area contributed by atoms with Crippen LogP contribution in [0.15, 0.2) is 48.5 Å². The predicted octanol–water partition coefficient (Wildman–Crippen LogP) is 3.53. The summed E-state index contributed by atoms with van der Waals surface area (Å²) in [6, 6.07) is 15.2. The molecule has 1 unspecified atom stereocenters. The highest BCUT2D eigenvalue weighted by molar-refractivity contribution is 5.66. The standard InChI is InChI=1S/C18H19NO4/c1-13-11-22-16-8-5-9-17(15(16)10-19(13)18(20)21)23-12-14-6-3-2-4-7-14/h2-9,13H,10-12H2,1H3,(H,20,21). The minimum atomic E-state index is -0.952. The van der Waals surface area contributed by atoms with Crippen LogP contribution >= 0.6 is 0 Å². The van der Waals surface area contributed by atoms with Gasteiger partial charge in [0, 0.05) is 0 Å². The lowest BCUT2D eigenvalue weighted by molar-refractivity contribution is 0.113. The van der Waals surface area contributed by atoms with E-state index in [-0.39, 0.29) is 12.6 Å².